The van der Waals surface area contributed by atoms with Gasteiger partial charge in [0.2, 0.25) is 0 Å². The van der Waals surface area contributed by atoms with Gasteiger partial charge in [0.05, 0.1) is 18.8 Å². The summed E-state index contributed by atoms with van der Waals surface area (Å²) in [5, 5.41) is 19.1. The second-order valence-corrected chi connectivity index (χ2v) is 3.17. The average molecular weight is 203 g/mol. The predicted molar refractivity (Wildman–Crippen MR) is 58.1 cm³/mol. The van der Waals surface area contributed by atoms with Gasteiger partial charge in [-0.15, -0.1) is 0 Å². The fourth-order valence-corrected chi connectivity index (χ4v) is 1.48. The Morgan fingerprint density at radius 2 is 2.13 bits per heavy atom. The Morgan fingerprint density at radius 3 is 2.80 bits per heavy atom. The maximum absolute atomic E-state index is 9.13. The van der Waals surface area contributed by atoms with Gasteiger partial charge in [-0.2, -0.15) is 0 Å². The number of nitrogens with zero attached hydrogens (tertiary/aromatic N) is 1. The number of rotatable bonds is 2. The van der Waals surface area contributed by atoms with Crippen LogP contribution in [0.15, 0.2) is 30.5 Å². The van der Waals surface area contributed by atoms with E-state index in [2.05, 4.69) is 4.98 Å². The summed E-state index contributed by atoms with van der Waals surface area (Å²) in [5.74, 6) is 0.645. The summed E-state index contributed by atoms with van der Waals surface area (Å²) in [6.07, 6.45) is 1.55. The molecule has 0 aliphatic carbocycles. The van der Waals surface area contributed by atoms with Crippen LogP contribution in [0, 0.1) is 0 Å². The van der Waals surface area contributed by atoms with Crippen molar-refractivity contribution in [2.24, 2.45) is 0 Å². The molecule has 1 aromatic heterocycles. The molecule has 0 atom stereocenters. The molecule has 0 amide bonds. The smallest absolute Gasteiger partial charge is 0.490 e. The number of pyridine rings is 1. The molecule has 2 rings (SSSR count). The topological polar surface area (TPSA) is 62.6 Å². The zero-order valence-corrected chi connectivity index (χ0v) is 8.21. The summed E-state index contributed by atoms with van der Waals surface area (Å²) in [7, 11) is 0.0581. The number of ether oxygens (including phenoxy) is 1. The molecule has 0 saturated heterocycles. The zero-order valence-electron chi connectivity index (χ0n) is 8.21. The van der Waals surface area contributed by atoms with Gasteiger partial charge in [0.15, 0.2) is 0 Å². The Balaban J connectivity index is 2.67. The first-order valence-electron chi connectivity index (χ1n) is 4.51. The molecular weight excluding hydrogens is 193 g/mol. The minimum atomic E-state index is -1.51. The summed E-state index contributed by atoms with van der Waals surface area (Å²) in [6.45, 7) is 0. The maximum Gasteiger partial charge on any atom is 0.490 e. The van der Waals surface area contributed by atoms with E-state index in [0.29, 0.717) is 16.7 Å². The summed E-state index contributed by atoms with van der Waals surface area (Å²) in [4.78, 5) is 4.13. The number of methoxy groups -OCH3 is 1. The van der Waals surface area contributed by atoms with Crippen molar-refractivity contribution in [2.75, 3.05) is 7.11 Å². The van der Waals surface area contributed by atoms with Crippen LogP contribution in [0.25, 0.3) is 10.9 Å². The summed E-state index contributed by atoms with van der Waals surface area (Å²) in [5.41, 5.74) is 0.975. The molecule has 0 unspecified atom stereocenters. The standard InChI is InChI=1S/C10H10BNO3/c1-15-8-5-7-3-2-4-9(11(13)14)10(7)12-6-8/h2-6,13-14H,1H3. The lowest BCUT2D eigenvalue weighted by molar-refractivity contribution is 0.413. The lowest BCUT2D eigenvalue weighted by Crippen LogP contribution is -2.30. The van der Waals surface area contributed by atoms with Crippen molar-refractivity contribution in [3.63, 3.8) is 0 Å². The van der Waals surface area contributed by atoms with Crippen LogP contribution in [0.3, 0.4) is 0 Å². The van der Waals surface area contributed by atoms with E-state index in [1.165, 1.54) is 0 Å². The molecule has 1 heterocycles. The first kappa shape index (κ1) is 9.95. The van der Waals surface area contributed by atoms with Gasteiger partial charge in [0.1, 0.15) is 5.75 Å². The Kier molecular flexibility index (Phi) is 2.57. The second kappa shape index (κ2) is 3.88. The lowest BCUT2D eigenvalue weighted by Gasteiger charge is -2.05. The highest BCUT2D eigenvalue weighted by Gasteiger charge is 2.15. The van der Waals surface area contributed by atoms with E-state index >= 15 is 0 Å². The van der Waals surface area contributed by atoms with Crippen molar-refractivity contribution in [1.29, 1.82) is 0 Å². The number of hydrogen-bond acceptors (Lipinski definition) is 4. The van der Waals surface area contributed by atoms with Crippen molar-refractivity contribution >= 4 is 23.5 Å². The van der Waals surface area contributed by atoms with Gasteiger partial charge >= 0.3 is 7.12 Å². The van der Waals surface area contributed by atoms with E-state index in [9.17, 15) is 0 Å². The van der Waals surface area contributed by atoms with Crippen LogP contribution in [0.1, 0.15) is 0 Å². The molecule has 5 heteroatoms. The molecule has 2 N–H and O–H groups in total. The molecule has 0 aliphatic heterocycles. The second-order valence-electron chi connectivity index (χ2n) is 3.17. The average Bonchev–Trinajstić information content (AvgIpc) is 2.27. The molecular formula is C10H10BNO3. The van der Waals surface area contributed by atoms with E-state index in [1.807, 2.05) is 6.07 Å². The van der Waals surface area contributed by atoms with E-state index in [1.54, 1.807) is 31.5 Å². The van der Waals surface area contributed by atoms with Crippen LogP contribution in [0.2, 0.25) is 0 Å². The highest BCUT2D eigenvalue weighted by Crippen LogP contribution is 2.16. The Hall–Kier alpha value is -1.59. The van der Waals surface area contributed by atoms with Crippen molar-refractivity contribution in [3.8, 4) is 5.75 Å². The van der Waals surface area contributed by atoms with Crippen LogP contribution < -0.4 is 10.2 Å². The Morgan fingerprint density at radius 1 is 1.33 bits per heavy atom. The van der Waals surface area contributed by atoms with Crippen molar-refractivity contribution in [1.82, 2.24) is 4.98 Å². The van der Waals surface area contributed by atoms with Gasteiger partial charge in [0.25, 0.3) is 0 Å². The molecule has 15 heavy (non-hydrogen) atoms. The molecule has 0 aliphatic rings. The fourth-order valence-electron chi connectivity index (χ4n) is 1.48. The van der Waals surface area contributed by atoms with Crippen LogP contribution in [-0.4, -0.2) is 29.3 Å². The first-order chi connectivity index (χ1) is 7.22. The molecule has 4 nitrogen and oxygen atoms in total. The largest absolute Gasteiger partial charge is 0.495 e. The third-order valence-electron chi connectivity index (χ3n) is 2.23. The maximum atomic E-state index is 9.13. The summed E-state index contributed by atoms with van der Waals surface area (Å²) < 4.78 is 5.04. The number of hydrogen-bond donors (Lipinski definition) is 2. The number of fused-ring (bicyclic) bond motifs is 1. The first-order valence-corrected chi connectivity index (χ1v) is 4.51. The quantitative estimate of drug-likeness (QED) is 0.670. The Bertz CT molecular complexity index is 487. The van der Waals surface area contributed by atoms with E-state index < -0.39 is 7.12 Å². The van der Waals surface area contributed by atoms with Gasteiger partial charge < -0.3 is 14.8 Å². The molecule has 1 aromatic carbocycles. The monoisotopic (exact) mass is 203 g/mol. The van der Waals surface area contributed by atoms with E-state index in [-0.39, 0.29) is 0 Å². The van der Waals surface area contributed by atoms with Gasteiger partial charge in [-0.25, -0.2) is 0 Å². The highest BCUT2D eigenvalue weighted by molar-refractivity contribution is 6.61. The van der Waals surface area contributed by atoms with Crippen LogP contribution in [-0.2, 0) is 0 Å². The molecule has 0 radical (unpaired) electrons. The summed E-state index contributed by atoms with van der Waals surface area (Å²) >= 11 is 0. The number of para-hydroxylation sites is 1. The zero-order chi connectivity index (χ0) is 10.8. The SMILES string of the molecule is COc1cnc2c(B(O)O)cccc2c1. The van der Waals surface area contributed by atoms with Crippen molar-refractivity contribution in [3.05, 3.63) is 30.5 Å². The molecule has 0 spiro atoms. The van der Waals surface area contributed by atoms with E-state index in [4.69, 9.17) is 14.8 Å². The number of benzene rings is 1. The van der Waals surface area contributed by atoms with Crippen molar-refractivity contribution in [2.45, 2.75) is 0 Å². The van der Waals surface area contributed by atoms with E-state index in [0.717, 1.165) is 5.39 Å². The normalized spacial score (nSPS) is 10.3. The van der Waals surface area contributed by atoms with Gasteiger partial charge in [0, 0.05) is 10.8 Å². The minimum Gasteiger partial charge on any atom is -0.495 e. The van der Waals surface area contributed by atoms with Gasteiger partial charge in [-0.3, -0.25) is 4.98 Å². The molecule has 76 valence electrons. The third kappa shape index (κ3) is 1.79. The third-order valence-corrected chi connectivity index (χ3v) is 2.23. The fraction of sp³-hybridized carbons (Fsp3) is 0.100. The van der Waals surface area contributed by atoms with Gasteiger partial charge in [-0.05, 0) is 6.07 Å². The molecule has 2 aromatic rings. The lowest BCUT2D eigenvalue weighted by atomic mass is 9.79. The van der Waals surface area contributed by atoms with Crippen LogP contribution in [0.4, 0.5) is 0 Å². The highest BCUT2D eigenvalue weighted by atomic mass is 16.5. The molecule has 0 saturated carbocycles. The van der Waals surface area contributed by atoms with Gasteiger partial charge in [-0.1, -0.05) is 18.2 Å². The number of aromatic nitrogens is 1. The van der Waals surface area contributed by atoms with Crippen molar-refractivity contribution < 1.29 is 14.8 Å². The van der Waals surface area contributed by atoms with Crippen LogP contribution in [0.5, 0.6) is 5.75 Å². The summed E-state index contributed by atoms with van der Waals surface area (Å²) in [6, 6.07) is 7.02. The minimum absolute atomic E-state index is 0.398. The van der Waals surface area contributed by atoms with Crippen LogP contribution >= 0.6 is 0 Å². The molecule has 0 fully saturated rings. The molecule has 0 bridgehead atoms. The predicted octanol–water partition coefficient (Wildman–Crippen LogP) is -0.0768. The Labute approximate surface area is 87.3 Å².